The fourth-order valence-electron chi connectivity index (χ4n) is 1.33. The molecular weight excluding hydrogens is 260 g/mol. The molecule has 0 radical (unpaired) electrons. The lowest BCUT2D eigenvalue weighted by Crippen LogP contribution is -2.25. The zero-order valence-corrected chi connectivity index (χ0v) is 12.1. The summed E-state index contributed by atoms with van der Waals surface area (Å²) in [5, 5.41) is 12.4. The predicted octanol–water partition coefficient (Wildman–Crippen LogP) is 1.06. The van der Waals surface area contributed by atoms with E-state index >= 15 is 0 Å². The van der Waals surface area contributed by atoms with E-state index in [2.05, 4.69) is 10.3 Å². The van der Waals surface area contributed by atoms with Crippen LogP contribution in [0.4, 0.5) is 0 Å². The highest BCUT2D eigenvalue weighted by Gasteiger charge is 2.24. The maximum absolute atomic E-state index is 11.6. The second kappa shape index (κ2) is 6.47. The molecule has 6 nitrogen and oxygen atoms in total. The average Bonchev–Trinajstić information content (AvgIpc) is 2.42. The largest absolute Gasteiger partial charge is 0.462 e. The van der Waals surface area contributed by atoms with E-state index in [0.717, 1.165) is 0 Å². The Hall–Kier alpha value is -1.95. The number of carbonyl (C=O) groups excluding carboxylic acids is 2. The number of ether oxygens (including phenoxy) is 1. The van der Waals surface area contributed by atoms with Gasteiger partial charge in [0, 0.05) is 18.8 Å². The van der Waals surface area contributed by atoms with Crippen LogP contribution in [0.1, 0.15) is 42.9 Å². The normalized spacial score (nSPS) is 12.7. The van der Waals surface area contributed by atoms with Crippen LogP contribution < -0.4 is 5.32 Å². The molecule has 20 heavy (non-hydrogen) atoms. The van der Waals surface area contributed by atoms with Crippen LogP contribution in [0.15, 0.2) is 18.3 Å². The molecule has 1 amide bonds. The van der Waals surface area contributed by atoms with Crippen LogP contribution >= 0.6 is 0 Å². The molecule has 0 saturated heterocycles. The van der Waals surface area contributed by atoms with Gasteiger partial charge in [0.1, 0.15) is 18.4 Å². The quantitative estimate of drug-likeness (QED) is 0.805. The molecule has 1 aromatic heterocycles. The SMILES string of the molecule is CNC(=O)c1ccc([C@@H](O)COC(=O)C(C)(C)C)cn1. The van der Waals surface area contributed by atoms with Crippen LogP contribution in [-0.4, -0.2) is 35.6 Å². The first-order valence-electron chi connectivity index (χ1n) is 6.29. The van der Waals surface area contributed by atoms with Crippen molar-refractivity contribution >= 4 is 11.9 Å². The molecule has 0 saturated carbocycles. The zero-order valence-electron chi connectivity index (χ0n) is 12.1. The zero-order chi connectivity index (χ0) is 15.3. The standard InChI is InChI=1S/C14H20N2O4/c1-14(2,3)13(19)20-8-11(17)9-5-6-10(16-7-9)12(18)15-4/h5-7,11,17H,8H2,1-4H3,(H,15,18)/t11-/m0/s1. The van der Waals surface area contributed by atoms with Gasteiger partial charge in [0.15, 0.2) is 0 Å². The molecular formula is C14H20N2O4. The maximum Gasteiger partial charge on any atom is 0.311 e. The minimum atomic E-state index is -0.965. The Morgan fingerprint density at radius 1 is 1.40 bits per heavy atom. The van der Waals surface area contributed by atoms with Crippen molar-refractivity contribution in [2.45, 2.75) is 26.9 Å². The van der Waals surface area contributed by atoms with Gasteiger partial charge in [0.2, 0.25) is 0 Å². The monoisotopic (exact) mass is 280 g/mol. The Morgan fingerprint density at radius 2 is 2.05 bits per heavy atom. The van der Waals surface area contributed by atoms with Gasteiger partial charge in [-0.15, -0.1) is 0 Å². The Balaban J connectivity index is 2.62. The number of rotatable bonds is 4. The summed E-state index contributed by atoms with van der Waals surface area (Å²) in [6.07, 6.45) is 0.424. The van der Waals surface area contributed by atoms with Crippen LogP contribution in [0.25, 0.3) is 0 Å². The van der Waals surface area contributed by atoms with Gasteiger partial charge in [0.25, 0.3) is 5.91 Å². The Kier molecular flexibility index (Phi) is 5.21. The van der Waals surface area contributed by atoms with Crippen LogP contribution in [0.3, 0.4) is 0 Å². The van der Waals surface area contributed by atoms with Crippen LogP contribution in [0, 0.1) is 5.41 Å². The van der Waals surface area contributed by atoms with Crippen molar-refractivity contribution in [1.29, 1.82) is 0 Å². The number of carbonyl (C=O) groups is 2. The summed E-state index contributed by atoms with van der Waals surface area (Å²) in [6, 6.07) is 3.08. The molecule has 1 aromatic rings. The lowest BCUT2D eigenvalue weighted by molar-refractivity contribution is -0.156. The molecule has 1 atom stereocenters. The second-order valence-electron chi connectivity index (χ2n) is 5.42. The lowest BCUT2D eigenvalue weighted by atomic mass is 9.97. The summed E-state index contributed by atoms with van der Waals surface area (Å²) < 4.78 is 5.03. The highest BCUT2D eigenvalue weighted by Crippen LogP contribution is 2.18. The highest BCUT2D eigenvalue weighted by molar-refractivity contribution is 5.91. The number of pyridine rings is 1. The van der Waals surface area contributed by atoms with Gasteiger partial charge < -0.3 is 15.2 Å². The smallest absolute Gasteiger partial charge is 0.311 e. The van der Waals surface area contributed by atoms with Gasteiger partial charge in [-0.05, 0) is 26.8 Å². The molecule has 0 fully saturated rings. The Morgan fingerprint density at radius 3 is 2.50 bits per heavy atom. The van der Waals surface area contributed by atoms with Crippen molar-refractivity contribution < 1.29 is 19.4 Å². The number of nitrogens with one attached hydrogen (secondary N) is 1. The van der Waals surface area contributed by atoms with Crippen molar-refractivity contribution in [3.63, 3.8) is 0 Å². The van der Waals surface area contributed by atoms with Gasteiger partial charge in [-0.3, -0.25) is 14.6 Å². The fraction of sp³-hybridized carbons (Fsp3) is 0.500. The van der Waals surface area contributed by atoms with Crippen LogP contribution in [-0.2, 0) is 9.53 Å². The van der Waals surface area contributed by atoms with Crippen molar-refractivity contribution in [1.82, 2.24) is 10.3 Å². The third-order valence-electron chi connectivity index (χ3n) is 2.62. The first kappa shape index (κ1) is 16.1. The number of aliphatic hydroxyl groups excluding tert-OH is 1. The van der Waals surface area contributed by atoms with E-state index in [1.807, 2.05) is 0 Å². The molecule has 110 valence electrons. The van der Waals surface area contributed by atoms with Crippen LogP contribution in [0.5, 0.6) is 0 Å². The minimum Gasteiger partial charge on any atom is -0.462 e. The average molecular weight is 280 g/mol. The molecule has 0 spiro atoms. The van der Waals surface area contributed by atoms with E-state index in [1.165, 1.54) is 19.3 Å². The number of hydrogen-bond donors (Lipinski definition) is 2. The Labute approximate surface area is 118 Å². The van der Waals surface area contributed by atoms with Gasteiger partial charge in [-0.1, -0.05) is 6.07 Å². The number of esters is 1. The molecule has 0 aliphatic carbocycles. The second-order valence-corrected chi connectivity index (χ2v) is 5.42. The van der Waals surface area contributed by atoms with Crippen molar-refractivity contribution in [2.24, 2.45) is 5.41 Å². The van der Waals surface area contributed by atoms with Gasteiger partial charge in [-0.2, -0.15) is 0 Å². The van der Waals surface area contributed by atoms with Gasteiger partial charge >= 0.3 is 5.97 Å². The van der Waals surface area contributed by atoms with E-state index in [1.54, 1.807) is 26.8 Å². The third kappa shape index (κ3) is 4.31. The summed E-state index contributed by atoms with van der Waals surface area (Å²) in [6.45, 7) is 5.07. The van der Waals surface area contributed by atoms with E-state index in [-0.39, 0.29) is 24.2 Å². The third-order valence-corrected chi connectivity index (χ3v) is 2.62. The van der Waals surface area contributed by atoms with Crippen molar-refractivity contribution in [3.8, 4) is 0 Å². The summed E-state index contributed by atoms with van der Waals surface area (Å²) in [4.78, 5) is 26.8. The van der Waals surface area contributed by atoms with E-state index in [4.69, 9.17) is 4.74 Å². The topological polar surface area (TPSA) is 88.5 Å². The minimum absolute atomic E-state index is 0.142. The molecule has 0 unspecified atom stereocenters. The summed E-state index contributed by atoms with van der Waals surface area (Å²) in [5.74, 6) is -0.684. The molecule has 2 N–H and O–H groups in total. The summed E-state index contributed by atoms with van der Waals surface area (Å²) >= 11 is 0. The number of nitrogens with zero attached hydrogens (tertiary/aromatic N) is 1. The van der Waals surface area contributed by atoms with Crippen molar-refractivity contribution in [2.75, 3.05) is 13.7 Å². The van der Waals surface area contributed by atoms with Crippen LogP contribution in [0.2, 0.25) is 0 Å². The first-order valence-corrected chi connectivity index (χ1v) is 6.29. The Bertz CT molecular complexity index is 477. The van der Waals surface area contributed by atoms with Gasteiger partial charge in [0.05, 0.1) is 5.41 Å². The molecule has 0 bridgehead atoms. The number of hydrogen-bond acceptors (Lipinski definition) is 5. The maximum atomic E-state index is 11.6. The molecule has 0 aromatic carbocycles. The van der Waals surface area contributed by atoms with Crippen molar-refractivity contribution in [3.05, 3.63) is 29.6 Å². The van der Waals surface area contributed by atoms with Gasteiger partial charge in [-0.25, -0.2) is 0 Å². The highest BCUT2D eigenvalue weighted by atomic mass is 16.5. The van der Waals surface area contributed by atoms with E-state index in [9.17, 15) is 14.7 Å². The van der Waals surface area contributed by atoms with E-state index < -0.39 is 11.5 Å². The summed E-state index contributed by atoms with van der Waals surface area (Å²) in [7, 11) is 1.51. The number of aromatic nitrogens is 1. The molecule has 0 aliphatic rings. The number of amides is 1. The lowest BCUT2D eigenvalue weighted by Gasteiger charge is -2.18. The summed E-state index contributed by atoms with van der Waals surface area (Å²) in [5.41, 5.74) is 0.135. The van der Waals surface area contributed by atoms with E-state index in [0.29, 0.717) is 5.56 Å². The molecule has 6 heteroatoms. The molecule has 1 heterocycles. The first-order chi connectivity index (χ1) is 9.25. The molecule has 1 rings (SSSR count). The number of aliphatic hydroxyl groups is 1. The fourth-order valence-corrected chi connectivity index (χ4v) is 1.33. The molecule has 0 aliphatic heterocycles. The predicted molar refractivity (Wildman–Crippen MR) is 73.0 cm³/mol.